The van der Waals surface area contributed by atoms with E-state index in [9.17, 15) is 9.90 Å². The molecule has 0 unspecified atom stereocenters. The zero-order valence-corrected chi connectivity index (χ0v) is 16.3. The Morgan fingerprint density at radius 2 is 2.04 bits per heavy atom. The summed E-state index contributed by atoms with van der Waals surface area (Å²) < 4.78 is 5.90. The van der Waals surface area contributed by atoms with Crippen LogP contribution in [0.3, 0.4) is 0 Å². The van der Waals surface area contributed by atoms with Crippen molar-refractivity contribution in [3.63, 3.8) is 0 Å². The predicted molar refractivity (Wildman–Crippen MR) is 110 cm³/mol. The number of hydrogen-bond donors (Lipinski definition) is 3. The van der Waals surface area contributed by atoms with Gasteiger partial charge < -0.3 is 20.1 Å². The van der Waals surface area contributed by atoms with Crippen LogP contribution in [0.4, 0.5) is 5.69 Å². The minimum absolute atomic E-state index is 0.0671. The number of hydrogen-bond acceptors (Lipinski definition) is 5. The van der Waals surface area contributed by atoms with Crippen molar-refractivity contribution in [1.29, 1.82) is 0 Å². The van der Waals surface area contributed by atoms with Gasteiger partial charge in [0.05, 0.1) is 18.4 Å². The maximum atomic E-state index is 12.5. The van der Waals surface area contributed by atoms with Crippen LogP contribution in [0.5, 0.6) is 11.5 Å². The van der Waals surface area contributed by atoms with E-state index in [1.54, 1.807) is 42.9 Å². The number of nitrogens with zero attached hydrogens (tertiary/aromatic N) is 2. The van der Waals surface area contributed by atoms with E-state index in [1.807, 2.05) is 6.07 Å². The highest BCUT2D eigenvalue weighted by atomic mass is 79.9. The molecule has 0 atom stereocenters. The number of phenols is 1. The van der Waals surface area contributed by atoms with E-state index in [4.69, 9.17) is 4.74 Å². The van der Waals surface area contributed by atoms with Gasteiger partial charge in [0.25, 0.3) is 5.91 Å². The lowest BCUT2D eigenvalue weighted by Crippen LogP contribution is -2.11. The molecule has 1 amide bonds. The monoisotopic (exact) mass is 438 g/mol. The number of phenolic OH excluding ortho intramolecular Hbond substituents is 1. The summed E-state index contributed by atoms with van der Waals surface area (Å²) >= 11 is 3.31. The van der Waals surface area contributed by atoms with E-state index in [0.29, 0.717) is 22.6 Å². The number of methoxy groups -OCH3 is 1. The zero-order valence-electron chi connectivity index (χ0n) is 14.7. The maximum Gasteiger partial charge on any atom is 0.257 e. The van der Waals surface area contributed by atoms with Gasteiger partial charge in [0.15, 0.2) is 11.5 Å². The van der Waals surface area contributed by atoms with Crippen molar-refractivity contribution in [2.75, 3.05) is 12.4 Å². The third kappa shape index (κ3) is 3.41. The van der Waals surface area contributed by atoms with Crippen molar-refractivity contribution in [3.8, 4) is 22.6 Å². The Morgan fingerprint density at radius 3 is 2.82 bits per heavy atom. The maximum absolute atomic E-state index is 12.5. The highest BCUT2D eigenvalue weighted by Gasteiger charge is 2.13. The summed E-state index contributed by atoms with van der Waals surface area (Å²) in [6.45, 7) is 0. The number of fused-ring (bicyclic) bond motifs is 1. The third-order valence-corrected chi connectivity index (χ3v) is 4.69. The number of rotatable bonds is 4. The molecule has 0 saturated heterocycles. The second kappa shape index (κ2) is 7.32. The molecule has 3 N–H and O–H groups in total. The molecule has 0 spiro atoms. The average Bonchev–Trinajstić information content (AvgIpc) is 3.10. The molecule has 28 heavy (non-hydrogen) atoms. The van der Waals surface area contributed by atoms with Crippen molar-refractivity contribution in [1.82, 2.24) is 15.0 Å². The Bertz CT molecular complexity index is 1190. The highest BCUT2D eigenvalue weighted by Crippen LogP contribution is 2.33. The number of halogens is 1. The molecule has 4 aromatic rings. The van der Waals surface area contributed by atoms with Gasteiger partial charge in [-0.15, -0.1) is 0 Å². The highest BCUT2D eigenvalue weighted by molar-refractivity contribution is 9.10. The topological polar surface area (TPSA) is 100 Å². The lowest BCUT2D eigenvalue weighted by Gasteiger charge is -2.08. The number of amides is 1. The number of ether oxygens (including phenoxy) is 1. The largest absolute Gasteiger partial charge is 0.504 e. The molecule has 1 aromatic carbocycles. The summed E-state index contributed by atoms with van der Waals surface area (Å²) in [7, 11) is 1.50. The fourth-order valence-corrected chi connectivity index (χ4v) is 3.22. The summed E-state index contributed by atoms with van der Waals surface area (Å²) in [4.78, 5) is 24.0. The van der Waals surface area contributed by atoms with Crippen molar-refractivity contribution in [3.05, 3.63) is 65.2 Å². The number of aromatic hydroxyl groups is 1. The summed E-state index contributed by atoms with van der Waals surface area (Å²) in [6, 6.07) is 8.69. The number of pyridine rings is 2. The van der Waals surface area contributed by atoms with E-state index in [-0.39, 0.29) is 11.7 Å². The normalized spacial score (nSPS) is 10.8. The quantitative estimate of drug-likeness (QED) is 0.439. The predicted octanol–water partition coefficient (Wildman–Crippen LogP) is 4.35. The number of aromatic nitrogens is 3. The Morgan fingerprint density at radius 1 is 1.18 bits per heavy atom. The van der Waals surface area contributed by atoms with E-state index >= 15 is 0 Å². The fourth-order valence-electron chi connectivity index (χ4n) is 2.85. The lowest BCUT2D eigenvalue weighted by atomic mass is 10.1. The van der Waals surface area contributed by atoms with Gasteiger partial charge in [0.1, 0.15) is 5.65 Å². The molecule has 0 aliphatic heterocycles. The second-order valence-electron chi connectivity index (χ2n) is 6.06. The first-order valence-corrected chi connectivity index (χ1v) is 9.11. The molecular formula is C20H15BrN4O3. The second-order valence-corrected chi connectivity index (χ2v) is 6.97. The Labute approximate surface area is 168 Å². The molecule has 0 bridgehead atoms. The SMILES string of the molecule is COc1cc(-c2cnc3[nH]cc(NC(=O)c4cncc(Br)c4)c3c2)ccc1O. The summed E-state index contributed by atoms with van der Waals surface area (Å²) in [5, 5.41) is 13.4. The smallest absolute Gasteiger partial charge is 0.257 e. The summed E-state index contributed by atoms with van der Waals surface area (Å²) in [5.41, 5.74) is 3.36. The van der Waals surface area contributed by atoms with Crippen molar-refractivity contribution >= 4 is 38.6 Å². The van der Waals surface area contributed by atoms with Crippen molar-refractivity contribution in [2.24, 2.45) is 0 Å². The standard InChI is InChI=1S/C20H15BrN4O3/c1-28-18-6-11(2-3-17(18)26)12-5-15-16(10-24-19(15)23-8-12)25-20(27)13-4-14(21)9-22-7-13/h2-10,26H,1H3,(H,23,24)(H,25,27). The number of H-pyrrole nitrogens is 1. The van der Waals surface area contributed by atoms with Crippen LogP contribution in [0.25, 0.3) is 22.2 Å². The lowest BCUT2D eigenvalue weighted by molar-refractivity contribution is 0.102. The number of carbonyl (C=O) groups is 1. The van der Waals surface area contributed by atoms with Crippen LogP contribution >= 0.6 is 15.9 Å². The number of carbonyl (C=O) groups excluding carboxylic acids is 1. The molecule has 0 saturated carbocycles. The fraction of sp³-hybridized carbons (Fsp3) is 0.0500. The van der Waals surface area contributed by atoms with Gasteiger partial charge in [-0.25, -0.2) is 4.98 Å². The molecule has 0 fully saturated rings. The number of aromatic amines is 1. The number of benzene rings is 1. The minimum atomic E-state index is -0.272. The van der Waals surface area contributed by atoms with E-state index in [0.717, 1.165) is 21.0 Å². The van der Waals surface area contributed by atoms with Gasteiger partial charge in [-0.05, 0) is 45.8 Å². The van der Waals surface area contributed by atoms with Gasteiger partial charge >= 0.3 is 0 Å². The molecule has 8 heteroatoms. The molecule has 0 aliphatic carbocycles. The van der Waals surface area contributed by atoms with Crippen LogP contribution in [0.1, 0.15) is 10.4 Å². The first kappa shape index (κ1) is 18.0. The van der Waals surface area contributed by atoms with Crippen molar-refractivity contribution in [2.45, 2.75) is 0 Å². The molecule has 4 rings (SSSR count). The molecule has 0 radical (unpaired) electrons. The van der Waals surface area contributed by atoms with Gasteiger partial charge in [-0.2, -0.15) is 0 Å². The van der Waals surface area contributed by atoms with E-state index in [1.165, 1.54) is 13.3 Å². The Kier molecular flexibility index (Phi) is 4.70. The third-order valence-electron chi connectivity index (χ3n) is 4.26. The van der Waals surface area contributed by atoms with Crippen LogP contribution < -0.4 is 10.1 Å². The first-order valence-electron chi connectivity index (χ1n) is 8.31. The van der Waals surface area contributed by atoms with Crippen LogP contribution in [0, 0.1) is 0 Å². The summed E-state index contributed by atoms with van der Waals surface area (Å²) in [5.74, 6) is 0.172. The molecule has 3 aromatic heterocycles. The van der Waals surface area contributed by atoms with Gasteiger partial charge in [0.2, 0.25) is 0 Å². The van der Waals surface area contributed by atoms with Crippen LogP contribution in [0.15, 0.2) is 59.6 Å². The Hall–Kier alpha value is -3.39. The molecular weight excluding hydrogens is 424 g/mol. The van der Waals surface area contributed by atoms with Gasteiger partial charge in [-0.1, -0.05) is 6.07 Å². The van der Waals surface area contributed by atoms with Gasteiger partial charge in [-0.3, -0.25) is 9.78 Å². The average molecular weight is 439 g/mol. The minimum Gasteiger partial charge on any atom is -0.504 e. The summed E-state index contributed by atoms with van der Waals surface area (Å²) in [6.07, 6.45) is 6.53. The van der Waals surface area contributed by atoms with Crippen LogP contribution in [-0.2, 0) is 0 Å². The van der Waals surface area contributed by atoms with Crippen molar-refractivity contribution < 1.29 is 14.6 Å². The van der Waals surface area contributed by atoms with Crippen LogP contribution in [0.2, 0.25) is 0 Å². The number of nitrogens with one attached hydrogen (secondary N) is 2. The molecule has 0 aliphatic rings. The van der Waals surface area contributed by atoms with Gasteiger partial charge in [0, 0.05) is 40.2 Å². The molecule has 140 valence electrons. The molecule has 7 nitrogen and oxygen atoms in total. The Balaban J connectivity index is 1.69. The van der Waals surface area contributed by atoms with Crippen LogP contribution in [-0.4, -0.2) is 33.1 Å². The van der Waals surface area contributed by atoms with E-state index in [2.05, 4.69) is 36.2 Å². The zero-order chi connectivity index (χ0) is 19.7. The van der Waals surface area contributed by atoms with E-state index < -0.39 is 0 Å². The first-order chi connectivity index (χ1) is 13.5. The molecule has 3 heterocycles. The number of anilines is 1.